The molecule has 4 nitrogen and oxygen atoms in total. The second kappa shape index (κ2) is 8.01. The van der Waals surface area contributed by atoms with E-state index < -0.39 is 0 Å². The Bertz CT molecular complexity index is 746. The van der Waals surface area contributed by atoms with E-state index in [1.807, 2.05) is 36.4 Å². The molecule has 0 radical (unpaired) electrons. The van der Waals surface area contributed by atoms with E-state index in [9.17, 15) is 0 Å². The Labute approximate surface area is 155 Å². The zero-order valence-corrected chi connectivity index (χ0v) is 15.7. The van der Waals surface area contributed by atoms with Gasteiger partial charge in [-0.15, -0.1) is 0 Å². The third-order valence-corrected chi connectivity index (χ3v) is 4.62. The van der Waals surface area contributed by atoms with Crippen molar-refractivity contribution in [2.24, 2.45) is 4.99 Å². The number of benzene rings is 2. The van der Waals surface area contributed by atoms with Crippen LogP contribution in [0.15, 0.2) is 45.9 Å². The summed E-state index contributed by atoms with van der Waals surface area (Å²) in [4.78, 5) is 6.75. The summed E-state index contributed by atoms with van der Waals surface area (Å²) >= 11 is 9.90. The summed E-state index contributed by atoms with van der Waals surface area (Å²) in [6, 6.07) is 11.7. The van der Waals surface area contributed by atoms with Gasteiger partial charge in [0.2, 0.25) is 0 Å². The normalized spacial score (nSPS) is 15.0. The summed E-state index contributed by atoms with van der Waals surface area (Å²) < 4.78 is 11.7. The first kappa shape index (κ1) is 17.3. The van der Waals surface area contributed by atoms with E-state index in [-0.39, 0.29) is 0 Å². The lowest BCUT2D eigenvalue weighted by atomic mass is 10.2. The van der Waals surface area contributed by atoms with Crippen molar-refractivity contribution in [1.29, 1.82) is 0 Å². The van der Waals surface area contributed by atoms with Crippen LogP contribution in [0.4, 0.5) is 11.4 Å². The molecule has 1 heterocycles. The van der Waals surface area contributed by atoms with Gasteiger partial charge in [-0.3, -0.25) is 4.99 Å². The van der Waals surface area contributed by atoms with Crippen LogP contribution < -0.4 is 9.64 Å². The summed E-state index contributed by atoms with van der Waals surface area (Å²) in [5, 5.41) is 0.702. The zero-order chi connectivity index (χ0) is 16.9. The zero-order valence-electron chi connectivity index (χ0n) is 13.3. The molecule has 2 aromatic rings. The van der Waals surface area contributed by atoms with Gasteiger partial charge in [0.25, 0.3) is 0 Å². The molecule has 1 saturated heterocycles. The van der Waals surface area contributed by atoms with Gasteiger partial charge in [0.1, 0.15) is 5.75 Å². The highest BCUT2D eigenvalue weighted by Crippen LogP contribution is 2.31. The molecule has 0 bridgehead atoms. The first-order valence-corrected chi connectivity index (χ1v) is 8.84. The van der Waals surface area contributed by atoms with Crippen molar-refractivity contribution < 1.29 is 9.47 Å². The number of ether oxygens (including phenoxy) is 2. The van der Waals surface area contributed by atoms with Crippen molar-refractivity contribution in [3.63, 3.8) is 0 Å². The minimum atomic E-state index is 0.702. The molecule has 0 amide bonds. The van der Waals surface area contributed by atoms with Gasteiger partial charge < -0.3 is 14.4 Å². The first-order valence-electron chi connectivity index (χ1n) is 7.67. The van der Waals surface area contributed by atoms with Gasteiger partial charge >= 0.3 is 0 Å². The molecule has 0 aromatic heterocycles. The van der Waals surface area contributed by atoms with Gasteiger partial charge in [-0.05, 0) is 36.4 Å². The smallest absolute Gasteiger partial charge is 0.127 e. The number of anilines is 1. The third kappa shape index (κ3) is 4.09. The fourth-order valence-corrected chi connectivity index (χ4v) is 3.26. The second-order valence-corrected chi connectivity index (χ2v) is 6.70. The van der Waals surface area contributed by atoms with Crippen molar-refractivity contribution in [1.82, 2.24) is 0 Å². The van der Waals surface area contributed by atoms with Crippen molar-refractivity contribution in [3.8, 4) is 5.75 Å². The Morgan fingerprint density at radius 3 is 2.71 bits per heavy atom. The molecule has 0 unspecified atom stereocenters. The molecule has 126 valence electrons. The van der Waals surface area contributed by atoms with E-state index in [0.29, 0.717) is 5.02 Å². The minimum Gasteiger partial charge on any atom is -0.496 e. The van der Waals surface area contributed by atoms with Gasteiger partial charge in [-0.25, -0.2) is 0 Å². The van der Waals surface area contributed by atoms with E-state index in [4.69, 9.17) is 21.1 Å². The largest absolute Gasteiger partial charge is 0.496 e. The first-order chi connectivity index (χ1) is 11.7. The van der Waals surface area contributed by atoms with E-state index in [0.717, 1.165) is 53.5 Å². The van der Waals surface area contributed by atoms with Crippen molar-refractivity contribution in [2.75, 3.05) is 38.3 Å². The molecule has 24 heavy (non-hydrogen) atoms. The highest BCUT2D eigenvalue weighted by molar-refractivity contribution is 9.10. The molecule has 2 aromatic carbocycles. The molecule has 0 spiro atoms. The van der Waals surface area contributed by atoms with Crippen LogP contribution in [0.1, 0.15) is 5.56 Å². The molecular weight excluding hydrogens is 392 g/mol. The summed E-state index contributed by atoms with van der Waals surface area (Å²) in [6.07, 6.45) is 1.78. The van der Waals surface area contributed by atoms with Crippen LogP contribution in [0.5, 0.6) is 5.75 Å². The Hall–Kier alpha value is -1.56. The molecular formula is C18H18BrClN2O2. The van der Waals surface area contributed by atoms with Crippen molar-refractivity contribution in [2.45, 2.75) is 0 Å². The molecule has 0 saturated carbocycles. The van der Waals surface area contributed by atoms with Crippen molar-refractivity contribution in [3.05, 3.63) is 51.5 Å². The number of methoxy groups -OCH3 is 1. The Morgan fingerprint density at radius 1 is 1.21 bits per heavy atom. The van der Waals surface area contributed by atoms with Crippen LogP contribution in [0.2, 0.25) is 5.02 Å². The molecule has 6 heteroatoms. The minimum absolute atomic E-state index is 0.702. The van der Waals surface area contributed by atoms with Gasteiger partial charge in [-0.1, -0.05) is 27.5 Å². The lowest BCUT2D eigenvalue weighted by Gasteiger charge is -2.29. The van der Waals surface area contributed by atoms with Crippen LogP contribution in [0.25, 0.3) is 0 Å². The third-order valence-electron chi connectivity index (χ3n) is 3.83. The lowest BCUT2D eigenvalue weighted by Crippen LogP contribution is -2.36. The molecule has 0 aliphatic carbocycles. The van der Waals surface area contributed by atoms with Gasteiger partial charge in [0.15, 0.2) is 0 Å². The van der Waals surface area contributed by atoms with E-state index in [1.165, 1.54) is 0 Å². The summed E-state index contributed by atoms with van der Waals surface area (Å²) in [6.45, 7) is 3.19. The SMILES string of the molecule is COc1ccc(Br)cc1C=Nc1ccc(N2CCOCC2)c(Cl)c1. The fourth-order valence-electron chi connectivity index (χ4n) is 2.59. The van der Waals surface area contributed by atoms with Crippen LogP contribution in [-0.4, -0.2) is 39.6 Å². The maximum atomic E-state index is 6.44. The summed E-state index contributed by atoms with van der Waals surface area (Å²) in [5.41, 5.74) is 2.73. The Kier molecular flexibility index (Phi) is 5.76. The highest BCUT2D eigenvalue weighted by atomic mass is 79.9. The number of aliphatic imine (C=N–C) groups is 1. The van der Waals surface area contributed by atoms with Gasteiger partial charge in [0.05, 0.1) is 36.7 Å². The number of hydrogen-bond donors (Lipinski definition) is 0. The number of rotatable bonds is 4. The maximum Gasteiger partial charge on any atom is 0.127 e. The van der Waals surface area contributed by atoms with E-state index >= 15 is 0 Å². The molecule has 1 aliphatic rings. The van der Waals surface area contributed by atoms with Gasteiger partial charge in [0, 0.05) is 29.3 Å². The fraction of sp³-hybridized carbons (Fsp3) is 0.278. The van der Waals surface area contributed by atoms with Crippen LogP contribution >= 0.6 is 27.5 Å². The predicted octanol–water partition coefficient (Wildman–Crippen LogP) is 4.70. The van der Waals surface area contributed by atoms with E-state index in [2.05, 4.69) is 25.8 Å². The number of halogens is 2. The predicted molar refractivity (Wildman–Crippen MR) is 102 cm³/mol. The number of morpholine rings is 1. The average molecular weight is 410 g/mol. The molecule has 0 atom stereocenters. The van der Waals surface area contributed by atoms with Gasteiger partial charge in [-0.2, -0.15) is 0 Å². The molecule has 1 fully saturated rings. The van der Waals surface area contributed by atoms with Crippen LogP contribution in [0, 0.1) is 0 Å². The number of nitrogens with zero attached hydrogens (tertiary/aromatic N) is 2. The van der Waals surface area contributed by atoms with Crippen LogP contribution in [-0.2, 0) is 4.74 Å². The highest BCUT2D eigenvalue weighted by Gasteiger charge is 2.14. The molecule has 0 N–H and O–H groups in total. The van der Waals surface area contributed by atoms with Crippen LogP contribution in [0.3, 0.4) is 0 Å². The second-order valence-electron chi connectivity index (χ2n) is 5.38. The number of hydrogen-bond acceptors (Lipinski definition) is 4. The summed E-state index contributed by atoms with van der Waals surface area (Å²) in [7, 11) is 1.65. The average Bonchev–Trinajstić information content (AvgIpc) is 2.61. The van der Waals surface area contributed by atoms with Crippen molar-refractivity contribution >= 4 is 45.1 Å². The summed E-state index contributed by atoms with van der Waals surface area (Å²) in [5.74, 6) is 0.776. The molecule has 1 aliphatic heterocycles. The van der Waals surface area contributed by atoms with E-state index in [1.54, 1.807) is 13.3 Å². The maximum absolute atomic E-state index is 6.44. The standard InChI is InChI=1S/C18H18BrClN2O2/c1-23-18-5-2-14(19)10-13(18)12-21-15-3-4-17(16(20)11-15)22-6-8-24-9-7-22/h2-5,10-12H,6-9H2,1H3. The monoisotopic (exact) mass is 408 g/mol. The Morgan fingerprint density at radius 2 is 2.00 bits per heavy atom. The quantitative estimate of drug-likeness (QED) is 0.687. The topological polar surface area (TPSA) is 34.1 Å². The Balaban J connectivity index is 1.81. The lowest BCUT2D eigenvalue weighted by molar-refractivity contribution is 0.122. The molecule has 3 rings (SSSR count).